The Kier molecular flexibility index (Phi) is 4.25. The second kappa shape index (κ2) is 5.92. The number of hydrogen-bond acceptors (Lipinski definition) is 7. The van der Waals surface area contributed by atoms with Gasteiger partial charge in [0.25, 0.3) is 0 Å². The van der Waals surface area contributed by atoms with Crippen molar-refractivity contribution in [3.05, 3.63) is 24.5 Å². The van der Waals surface area contributed by atoms with Gasteiger partial charge in [0.2, 0.25) is 16.0 Å². The molecule has 108 valence electrons. The minimum Gasteiger partial charge on any atom is -0.357 e. The molecule has 0 atom stereocenters. The number of nitrogens with zero attached hydrogens (tertiary/aromatic N) is 5. The number of sulfonamides is 1. The zero-order chi connectivity index (χ0) is 14.6. The lowest BCUT2D eigenvalue weighted by atomic mass is 10.4. The minimum atomic E-state index is -3.61. The molecule has 0 saturated carbocycles. The minimum absolute atomic E-state index is 0.0227. The molecule has 0 aliphatic heterocycles. The molecule has 2 aromatic rings. The number of anilines is 1. The van der Waals surface area contributed by atoms with Crippen LogP contribution in [0.3, 0.4) is 0 Å². The topological polar surface area (TPSA) is 115 Å². The first-order chi connectivity index (χ1) is 9.53. The summed E-state index contributed by atoms with van der Waals surface area (Å²) in [6.45, 7) is 0.225. The molecule has 0 saturated heterocycles. The fourth-order valence-corrected chi connectivity index (χ4v) is 2.42. The molecule has 2 N–H and O–H groups in total. The molecule has 2 rings (SSSR count). The van der Waals surface area contributed by atoms with E-state index in [0.29, 0.717) is 18.2 Å². The Morgan fingerprint density at radius 2 is 2.00 bits per heavy atom. The van der Waals surface area contributed by atoms with Gasteiger partial charge < -0.3 is 9.88 Å². The molecule has 9 nitrogen and oxygen atoms in total. The lowest BCUT2D eigenvalue weighted by Crippen LogP contribution is -2.27. The summed E-state index contributed by atoms with van der Waals surface area (Å²) < 4.78 is 28.2. The second-order valence-electron chi connectivity index (χ2n) is 4.00. The predicted molar refractivity (Wildman–Crippen MR) is 71.5 cm³/mol. The summed E-state index contributed by atoms with van der Waals surface area (Å²) in [5.41, 5.74) is 0. The van der Waals surface area contributed by atoms with Crippen LogP contribution >= 0.6 is 0 Å². The van der Waals surface area contributed by atoms with Gasteiger partial charge in [0, 0.05) is 27.1 Å². The van der Waals surface area contributed by atoms with E-state index in [-0.39, 0.29) is 11.4 Å². The zero-order valence-electron chi connectivity index (χ0n) is 11.1. The fourth-order valence-electron chi connectivity index (χ4n) is 1.50. The molecule has 0 spiro atoms. The maximum Gasteiger partial charge on any atom is 0.243 e. The van der Waals surface area contributed by atoms with Gasteiger partial charge in [-0.15, -0.1) is 10.2 Å². The van der Waals surface area contributed by atoms with Crippen molar-refractivity contribution >= 4 is 16.0 Å². The Labute approximate surface area is 116 Å². The van der Waals surface area contributed by atoms with E-state index in [9.17, 15) is 8.42 Å². The van der Waals surface area contributed by atoms with E-state index in [1.165, 1.54) is 12.4 Å². The highest BCUT2D eigenvalue weighted by molar-refractivity contribution is 7.89. The van der Waals surface area contributed by atoms with Gasteiger partial charge in [0.05, 0.1) is 12.4 Å². The maximum absolute atomic E-state index is 12.0. The molecule has 0 fully saturated rings. The fraction of sp³-hybridized carbons (Fsp3) is 0.400. The Balaban J connectivity index is 1.98. The van der Waals surface area contributed by atoms with Gasteiger partial charge in [-0.05, 0) is 0 Å². The van der Waals surface area contributed by atoms with Gasteiger partial charge >= 0.3 is 0 Å². The van der Waals surface area contributed by atoms with E-state index in [0.717, 1.165) is 0 Å². The molecule has 0 amide bonds. The lowest BCUT2D eigenvalue weighted by molar-refractivity contribution is 0.579. The molecule has 0 radical (unpaired) electrons. The van der Waals surface area contributed by atoms with Crippen LogP contribution in [0, 0.1) is 0 Å². The third-order valence-electron chi connectivity index (χ3n) is 2.61. The largest absolute Gasteiger partial charge is 0.357 e. The molecule has 20 heavy (non-hydrogen) atoms. The van der Waals surface area contributed by atoms with Crippen molar-refractivity contribution in [3.63, 3.8) is 0 Å². The van der Waals surface area contributed by atoms with E-state index in [1.54, 1.807) is 25.0 Å². The van der Waals surface area contributed by atoms with E-state index in [1.807, 2.05) is 0 Å². The summed E-state index contributed by atoms with van der Waals surface area (Å²) in [4.78, 5) is 7.76. The highest BCUT2D eigenvalue weighted by atomic mass is 32.2. The summed E-state index contributed by atoms with van der Waals surface area (Å²) in [5.74, 6) is 1.07. The summed E-state index contributed by atoms with van der Waals surface area (Å²) in [7, 11) is -0.156. The monoisotopic (exact) mass is 297 g/mol. The van der Waals surface area contributed by atoms with Crippen molar-refractivity contribution in [2.45, 2.75) is 11.3 Å². The first-order valence-electron chi connectivity index (χ1n) is 5.85. The Morgan fingerprint density at radius 1 is 1.30 bits per heavy atom. The zero-order valence-corrected chi connectivity index (χ0v) is 11.9. The van der Waals surface area contributed by atoms with E-state index in [2.05, 4.69) is 30.2 Å². The quantitative estimate of drug-likeness (QED) is 0.715. The van der Waals surface area contributed by atoms with Crippen LogP contribution in [0.2, 0.25) is 0 Å². The normalized spacial score (nSPS) is 11.5. The molecular weight excluding hydrogens is 282 g/mol. The smallest absolute Gasteiger partial charge is 0.243 e. The molecule has 0 aromatic carbocycles. The number of aryl methyl sites for hydroxylation is 1. The van der Waals surface area contributed by atoms with Crippen LogP contribution in [-0.2, 0) is 23.5 Å². The molecular formula is C10H15N7O2S. The third-order valence-corrected chi connectivity index (χ3v) is 4.02. The van der Waals surface area contributed by atoms with Crippen LogP contribution in [0.15, 0.2) is 23.6 Å². The summed E-state index contributed by atoms with van der Waals surface area (Å²) >= 11 is 0. The number of rotatable bonds is 6. The van der Waals surface area contributed by atoms with Crippen molar-refractivity contribution < 1.29 is 8.42 Å². The average molecular weight is 297 g/mol. The van der Waals surface area contributed by atoms with Gasteiger partial charge in [0.1, 0.15) is 17.0 Å². The predicted octanol–water partition coefficient (Wildman–Crippen LogP) is -0.832. The van der Waals surface area contributed by atoms with Crippen LogP contribution in [-0.4, -0.2) is 46.7 Å². The van der Waals surface area contributed by atoms with Crippen LogP contribution in [0.5, 0.6) is 0 Å². The molecule has 10 heteroatoms. The van der Waals surface area contributed by atoms with Crippen molar-refractivity contribution in [1.82, 2.24) is 29.5 Å². The molecule has 0 bridgehead atoms. The van der Waals surface area contributed by atoms with E-state index in [4.69, 9.17) is 0 Å². The lowest BCUT2D eigenvalue weighted by Gasteiger charge is -2.06. The standard InChI is InChI=1S/C10H15N7O2S/c1-11-10-12-5-8(6-13-10)20(18,19)15-4-3-9-16-14-7-17(9)2/h5-7,15H,3-4H2,1-2H3,(H,11,12,13). The average Bonchev–Trinajstić information content (AvgIpc) is 2.84. The van der Waals surface area contributed by atoms with Gasteiger partial charge in [-0.1, -0.05) is 0 Å². The van der Waals surface area contributed by atoms with Crippen LogP contribution < -0.4 is 10.0 Å². The Hall–Kier alpha value is -2.07. The van der Waals surface area contributed by atoms with Gasteiger partial charge in [0.15, 0.2) is 0 Å². The van der Waals surface area contributed by atoms with Gasteiger partial charge in [-0.2, -0.15) is 0 Å². The molecule has 2 heterocycles. The third kappa shape index (κ3) is 3.27. The van der Waals surface area contributed by atoms with Crippen LogP contribution in [0.25, 0.3) is 0 Å². The summed E-state index contributed by atoms with van der Waals surface area (Å²) in [6, 6.07) is 0. The van der Waals surface area contributed by atoms with E-state index >= 15 is 0 Å². The van der Waals surface area contributed by atoms with Crippen LogP contribution in [0.4, 0.5) is 5.95 Å². The van der Waals surface area contributed by atoms with Gasteiger partial charge in [-0.25, -0.2) is 23.1 Å². The van der Waals surface area contributed by atoms with Crippen molar-refractivity contribution in [2.24, 2.45) is 7.05 Å². The molecule has 0 unspecified atom stereocenters. The van der Waals surface area contributed by atoms with Crippen molar-refractivity contribution in [2.75, 3.05) is 18.9 Å². The number of nitrogens with one attached hydrogen (secondary N) is 2. The van der Waals surface area contributed by atoms with Crippen molar-refractivity contribution in [3.8, 4) is 0 Å². The Morgan fingerprint density at radius 3 is 2.55 bits per heavy atom. The first-order valence-corrected chi connectivity index (χ1v) is 7.33. The number of hydrogen-bond donors (Lipinski definition) is 2. The molecule has 0 aliphatic rings. The molecule has 0 aliphatic carbocycles. The summed E-state index contributed by atoms with van der Waals surface area (Å²) in [6.07, 6.45) is 4.52. The molecule has 2 aromatic heterocycles. The highest BCUT2D eigenvalue weighted by Gasteiger charge is 2.15. The first kappa shape index (κ1) is 14.3. The highest BCUT2D eigenvalue weighted by Crippen LogP contribution is 2.06. The second-order valence-corrected chi connectivity index (χ2v) is 5.77. The number of aromatic nitrogens is 5. The van der Waals surface area contributed by atoms with E-state index < -0.39 is 10.0 Å². The maximum atomic E-state index is 12.0. The van der Waals surface area contributed by atoms with Crippen LogP contribution in [0.1, 0.15) is 5.82 Å². The van der Waals surface area contributed by atoms with Gasteiger partial charge in [-0.3, -0.25) is 0 Å². The SMILES string of the molecule is CNc1ncc(S(=O)(=O)NCCc2nncn2C)cn1. The summed E-state index contributed by atoms with van der Waals surface area (Å²) in [5, 5.41) is 10.3. The van der Waals surface area contributed by atoms with Crippen molar-refractivity contribution in [1.29, 1.82) is 0 Å². The Bertz CT molecular complexity index is 665.